The number of hydrogen-bond acceptors (Lipinski definition) is 2. The van der Waals surface area contributed by atoms with Crippen LogP contribution in [0.15, 0.2) is 0 Å². The van der Waals surface area contributed by atoms with Gasteiger partial charge in [0.2, 0.25) is 0 Å². The summed E-state index contributed by atoms with van der Waals surface area (Å²) < 4.78 is 0. The SMILES string of the molecule is CCC(C)(CNC(C)C)CN1CCCCCCC1. The average Bonchev–Trinajstić information content (AvgIpc) is 2.30. The molecule has 0 amide bonds. The van der Waals surface area contributed by atoms with Gasteiger partial charge in [0.15, 0.2) is 0 Å². The van der Waals surface area contributed by atoms with Crippen molar-refractivity contribution in [3.05, 3.63) is 0 Å². The molecule has 1 rings (SSSR count). The van der Waals surface area contributed by atoms with Crippen LogP contribution in [0.2, 0.25) is 0 Å². The molecule has 1 unspecified atom stereocenters. The molecule has 1 aliphatic rings. The minimum Gasteiger partial charge on any atom is -0.314 e. The Morgan fingerprint density at radius 1 is 1.06 bits per heavy atom. The first kappa shape index (κ1) is 16.0. The fourth-order valence-electron chi connectivity index (χ4n) is 2.75. The lowest BCUT2D eigenvalue weighted by Gasteiger charge is -2.36. The smallest absolute Gasteiger partial charge is 0.00474 e. The van der Waals surface area contributed by atoms with E-state index in [0.29, 0.717) is 11.5 Å². The summed E-state index contributed by atoms with van der Waals surface area (Å²) in [6, 6.07) is 0.600. The van der Waals surface area contributed by atoms with Gasteiger partial charge in [-0.15, -0.1) is 0 Å². The van der Waals surface area contributed by atoms with E-state index in [-0.39, 0.29) is 0 Å². The first-order valence-electron chi connectivity index (χ1n) is 8.01. The van der Waals surface area contributed by atoms with E-state index in [1.54, 1.807) is 0 Å². The molecule has 0 saturated carbocycles. The third-order valence-corrected chi connectivity index (χ3v) is 4.34. The van der Waals surface area contributed by atoms with E-state index in [0.717, 1.165) is 6.54 Å². The molecule has 1 heterocycles. The second-order valence-corrected chi connectivity index (χ2v) is 6.74. The van der Waals surface area contributed by atoms with Crippen molar-refractivity contribution in [2.75, 3.05) is 26.2 Å². The van der Waals surface area contributed by atoms with E-state index in [1.165, 1.54) is 58.2 Å². The molecule has 0 bridgehead atoms. The van der Waals surface area contributed by atoms with Gasteiger partial charge in [-0.2, -0.15) is 0 Å². The lowest BCUT2D eigenvalue weighted by Crippen LogP contribution is -2.44. The number of likely N-dealkylation sites (tertiary alicyclic amines) is 1. The molecule has 1 aliphatic heterocycles. The zero-order valence-corrected chi connectivity index (χ0v) is 13.1. The van der Waals surface area contributed by atoms with Gasteiger partial charge >= 0.3 is 0 Å². The van der Waals surface area contributed by atoms with Gasteiger partial charge in [-0.3, -0.25) is 0 Å². The van der Waals surface area contributed by atoms with Crippen molar-refractivity contribution in [3.63, 3.8) is 0 Å². The highest BCUT2D eigenvalue weighted by Crippen LogP contribution is 2.23. The topological polar surface area (TPSA) is 15.3 Å². The van der Waals surface area contributed by atoms with E-state index in [1.807, 2.05) is 0 Å². The summed E-state index contributed by atoms with van der Waals surface area (Å²) in [5.41, 5.74) is 0.434. The molecule has 0 aromatic carbocycles. The van der Waals surface area contributed by atoms with Crippen molar-refractivity contribution < 1.29 is 0 Å². The molecule has 0 spiro atoms. The molecule has 0 aromatic rings. The van der Waals surface area contributed by atoms with Crippen molar-refractivity contribution in [1.82, 2.24) is 10.2 Å². The molecule has 1 saturated heterocycles. The van der Waals surface area contributed by atoms with Crippen LogP contribution >= 0.6 is 0 Å². The average molecular weight is 254 g/mol. The summed E-state index contributed by atoms with van der Waals surface area (Å²) >= 11 is 0. The Labute approximate surface area is 115 Å². The number of nitrogens with zero attached hydrogens (tertiary/aromatic N) is 1. The highest BCUT2D eigenvalue weighted by molar-refractivity contribution is 4.81. The normalized spacial score (nSPS) is 22.5. The fourth-order valence-corrected chi connectivity index (χ4v) is 2.75. The first-order valence-corrected chi connectivity index (χ1v) is 8.01. The molecule has 108 valence electrons. The molecule has 1 atom stereocenters. The largest absolute Gasteiger partial charge is 0.314 e. The Morgan fingerprint density at radius 2 is 1.61 bits per heavy atom. The Bertz CT molecular complexity index is 207. The molecule has 0 aliphatic carbocycles. The van der Waals surface area contributed by atoms with Crippen molar-refractivity contribution in [1.29, 1.82) is 0 Å². The lowest BCUT2D eigenvalue weighted by atomic mass is 9.86. The van der Waals surface area contributed by atoms with Gasteiger partial charge in [-0.25, -0.2) is 0 Å². The van der Waals surface area contributed by atoms with Gasteiger partial charge in [-0.05, 0) is 37.8 Å². The van der Waals surface area contributed by atoms with Crippen LogP contribution in [0.4, 0.5) is 0 Å². The van der Waals surface area contributed by atoms with E-state index < -0.39 is 0 Å². The van der Waals surface area contributed by atoms with Crippen molar-refractivity contribution in [3.8, 4) is 0 Å². The molecular formula is C16H34N2. The Morgan fingerprint density at radius 3 is 2.11 bits per heavy atom. The van der Waals surface area contributed by atoms with Crippen LogP contribution in [-0.2, 0) is 0 Å². The summed E-state index contributed by atoms with van der Waals surface area (Å²) in [6.07, 6.45) is 8.39. The number of rotatable bonds is 6. The maximum absolute atomic E-state index is 3.63. The van der Waals surface area contributed by atoms with Gasteiger partial charge in [-0.1, -0.05) is 47.0 Å². The molecule has 2 heteroatoms. The zero-order chi connectivity index (χ0) is 13.4. The predicted molar refractivity (Wildman–Crippen MR) is 81.1 cm³/mol. The van der Waals surface area contributed by atoms with Crippen LogP contribution in [0.1, 0.15) is 66.2 Å². The van der Waals surface area contributed by atoms with E-state index in [9.17, 15) is 0 Å². The first-order chi connectivity index (χ1) is 8.56. The van der Waals surface area contributed by atoms with E-state index >= 15 is 0 Å². The molecule has 18 heavy (non-hydrogen) atoms. The fraction of sp³-hybridized carbons (Fsp3) is 1.00. The van der Waals surface area contributed by atoms with Gasteiger partial charge in [0.1, 0.15) is 0 Å². The van der Waals surface area contributed by atoms with E-state index in [4.69, 9.17) is 0 Å². The predicted octanol–water partition coefficient (Wildman–Crippen LogP) is 3.67. The Kier molecular flexibility index (Phi) is 7.25. The van der Waals surface area contributed by atoms with Crippen LogP contribution in [0.25, 0.3) is 0 Å². The second-order valence-electron chi connectivity index (χ2n) is 6.74. The van der Waals surface area contributed by atoms with Crippen molar-refractivity contribution in [2.24, 2.45) is 5.41 Å². The summed E-state index contributed by atoms with van der Waals surface area (Å²) in [7, 11) is 0. The van der Waals surface area contributed by atoms with Crippen LogP contribution in [-0.4, -0.2) is 37.1 Å². The maximum atomic E-state index is 3.63. The second kappa shape index (κ2) is 8.16. The molecule has 1 fully saturated rings. The highest BCUT2D eigenvalue weighted by atomic mass is 15.1. The molecule has 1 N–H and O–H groups in total. The third-order valence-electron chi connectivity index (χ3n) is 4.34. The van der Waals surface area contributed by atoms with Crippen LogP contribution in [0, 0.1) is 5.41 Å². The van der Waals surface area contributed by atoms with Gasteiger partial charge in [0.05, 0.1) is 0 Å². The summed E-state index contributed by atoms with van der Waals surface area (Å²) in [5, 5.41) is 3.63. The monoisotopic (exact) mass is 254 g/mol. The number of hydrogen-bond donors (Lipinski definition) is 1. The minimum absolute atomic E-state index is 0.434. The third kappa shape index (κ3) is 6.19. The maximum Gasteiger partial charge on any atom is 0.00474 e. The highest BCUT2D eigenvalue weighted by Gasteiger charge is 2.25. The van der Waals surface area contributed by atoms with Crippen molar-refractivity contribution in [2.45, 2.75) is 72.3 Å². The molecular weight excluding hydrogens is 220 g/mol. The van der Waals surface area contributed by atoms with Crippen LogP contribution in [0.5, 0.6) is 0 Å². The lowest BCUT2D eigenvalue weighted by molar-refractivity contribution is 0.143. The Balaban J connectivity index is 2.43. The molecule has 2 nitrogen and oxygen atoms in total. The van der Waals surface area contributed by atoms with Crippen LogP contribution in [0.3, 0.4) is 0 Å². The Hall–Kier alpha value is -0.0800. The van der Waals surface area contributed by atoms with Gasteiger partial charge < -0.3 is 10.2 Å². The van der Waals surface area contributed by atoms with E-state index in [2.05, 4.69) is 37.9 Å². The standard InChI is InChI=1S/C16H34N2/c1-5-16(4,13-17-15(2)3)14-18-11-9-7-6-8-10-12-18/h15,17H,5-14H2,1-4H3. The zero-order valence-electron chi connectivity index (χ0n) is 13.1. The minimum atomic E-state index is 0.434. The molecule has 0 radical (unpaired) electrons. The van der Waals surface area contributed by atoms with Gasteiger partial charge in [0.25, 0.3) is 0 Å². The summed E-state index contributed by atoms with van der Waals surface area (Å²) in [4.78, 5) is 2.71. The van der Waals surface area contributed by atoms with Crippen molar-refractivity contribution >= 4 is 0 Å². The van der Waals surface area contributed by atoms with Gasteiger partial charge in [0, 0.05) is 19.1 Å². The molecule has 0 aromatic heterocycles. The summed E-state index contributed by atoms with van der Waals surface area (Å²) in [5.74, 6) is 0. The summed E-state index contributed by atoms with van der Waals surface area (Å²) in [6.45, 7) is 14.3. The quantitative estimate of drug-likeness (QED) is 0.778. The van der Waals surface area contributed by atoms with Crippen LogP contribution < -0.4 is 5.32 Å². The number of nitrogens with one attached hydrogen (secondary N) is 1.